The van der Waals surface area contributed by atoms with Gasteiger partial charge in [0, 0.05) is 77.4 Å². The number of pyridine rings is 4. The molecule has 4 aliphatic heterocycles. The van der Waals surface area contributed by atoms with Gasteiger partial charge in [0.2, 0.25) is 36.3 Å². The number of aromatic nitrogens is 10. The first kappa shape index (κ1) is 60.2. The average Bonchev–Trinajstić information content (AvgIpc) is 1.54. The van der Waals surface area contributed by atoms with Crippen molar-refractivity contribution in [1.82, 2.24) is 59.3 Å². The van der Waals surface area contributed by atoms with Crippen molar-refractivity contribution in [2.24, 2.45) is 31.0 Å². The number of rotatable bonds is 19. The molecule has 2 unspecified atom stereocenters. The van der Waals surface area contributed by atoms with E-state index in [1.54, 1.807) is 72.5 Å². The van der Waals surface area contributed by atoms with Gasteiger partial charge < -0.3 is 20.4 Å². The predicted molar refractivity (Wildman–Crippen MR) is 335 cm³/mol. The lowest BCUT2D eigenvalue weighted by atomic mass is 9.98. The molecule has 13 rings (SSSR count). The maximum atomic E-state index is 14.3. The largest absolute Gasteiger partial charge is 0.325 e. The monoisotopic (exact) mass is 1270 g/mol. The summed E-state index contributed by atoms with van der Waals surface area (Å²) in [6, 6.07) is 9.55. The first-order valence-electron chi connectivity index (χ1n) is 29.8. The zero-order valence-corrected chi connectivity index (χ0v) is 52.4. The summed E-state index contributed by atoms with van der Waals surface area (Å²) < 4.78 is 4.18. The van der Waals surface area contributed by atoms with Crippen molar-refractivity contribution in [3.05, 3.63) is 106 Å². The van der Waals surface area contributed by atoms with E-state index < -0.39 is 12.1 Å². The lowest BCUT2D eigenvalue weighted by Crippen LogP contribution is -2.47. The standard InChI is InChI=1S/C33H34BrN11O3.C29H33N9O3/c1-5-6-21-7-8-28(34)40-31(21)41-32(48)25-10-33(16-45(4)18-35-17-39-45)11-27(33)44(25)29(47)15-43-26-14-38-24(22-12-36-20(3)37-13-22)9-23(26)30(42-43)19(2)46;1-5-6-20-8-7-18(2)33-27(20)34-28(41)22-11-29(15-38(4)17-31-16-32-38)12-24(29)37(22)25(40)14-36-23-13-30-10-9-21(23)26(35-36)19(3)39/h7-9,12-14,17-18,25,27H,5-6,10-11,15-16H2,1-4H3;7-10,13,16-17,22,24H,5-6,11-12,14-15H2,1-4H3/p+2/t25-,27+,33-,45?;22-,24+,29-,38?/m00/s1. The molecule has 26 nitrogen and oxygen atoms in total. The fourth-order valence-electron chi connectivity index (χ4n) is 13.6. The lowest BCUT2D eigenvalue weighted by molar-refractivity contribution is -0.823. The first-order chi connectivity index (χ1) is 42.6. The number of likely N-dealkylation sites (tertiary alicyclic amines) is 2. The van der Waals surface area contributed by atoms with E-state index in [4.69, 9.17) is 0 Å². The molecule has 7 aromatic rings. The Morgan fingerprint density at radius 1 is 0.640 bits per heavy atom. The van der Waals surface area contributed by atoms with E-state index in [-0.39, 0.29) is 86.1 Å². The van der Waals surface area contributed by atoms with Crippen LogP contribution in [0, 0.1) is 24.7 Å². The van der Waals surface area contributed by atoms with Crippen LogP contribution in [0.5, 0.6) is 0 Å². The van der Waals surface area contributed by atoms with E-state index in [0.717, 1.165) is 55.3 Å². The molecule has 27 heteroatoms. The highest BCUT2D eigenvalue weighted by atomic mass is 79.9. The van der Waals surface area contributed by atoms with E-state index in [1.807, 2.05) is 45.3 Å². The van der Waals surface area contributed by atoms with Crippen molar-refractivity contribution >= 4 is 110 Å². The van der Waals surface area contributed by atoms with E-state index in [1.165, 1.54) is 35.9 Å². The highest BCUT2D eigenvalue weighted by Gasteiger charge is 2.71. The van der Waals surface area contributed by atoms with E-state index in [9.17, 15) is 28.8 Å². The molecular weight excluding hydrogens is 1200 g/mol. The van der Waals surface area contributed by atoms with Gasteiger partial charge in [-0.1, -0.05) is 49.0 Å². The molecule has 458 valence electrons. The molecule has 89 heavy (non-hydrogen) atoms. The molecule has 4 amide bonds. The molecule has 8 atom stereocenters. The van der Waals surface area contributed by atoms with Gasteiger partial charge in [-0.05, 0) is 104 Å². The Labute approximate surface area is 521 Å². The lowest BCUT2D eigenvalue weighted by Gasteiger charge is -2.27. The zero-order valence-electron chi connectivity index (χ0n) is 50.8. The molecule has 11 heterocycles. The Hall–Kier alpha value is -9.08. The quantitative estimate of drug-likeness (QED) is 0.0486. The van der Waals surface area contributed by atoms with Crippen LogP contribution in [0.1, 0.15) is 110 Å². The van der Waals surface area contributed by atoms with E-state index in [2.05, 4.69) is 101 Å². The van der Waals surface area contributed by atoms with Crippen LogP contribution in [0.3, 0.4) is 0 Å². The summed E-state index contributed by atoms with van der Waals surface area (Å²) in [4.78, 5) is 120. The minimum atomic E-state index is -0.734. The Morgan fingerprint density at radius 3 is 1.67 bits per heavy atom. The molecule has 2 saturated carbocycles. The number of anilines is 2. The second-order valence-electron chi connectivity index (χ2n) is 24.6. The van der Waals surface area contributed by atoms with Gasteiger partial charge in [-0.15, -0.1) is 0 Å². The number of hydrogen-bond donors (Lipinski definition) is 2. The summed E-state index contributed by atoms with van der Waals surface area (Å²) in [5, 5.41) is 25.4. The number of hydrogen-bond acceptors (Lipinski definition) is 18. The second-order valence-corrected chi connectivity index (χ2v) is 25.5. The number of carbonyl (C=O) groups is 6. The number of fused-ring (bicyclic) bond motifs is 4. The van der Waals surface area contributed by atoms with Crippen molar-refractivity contribution in [3.8, 4) is 11.3 Å². The average molecular weight is 1270 g/mol. The third-order valence-electron chi connectivity index (χ3n) is 17.8. The minimum absolute atomic E-state index is 0.110. The summed E-state index contributed by atoms with van der Waals surface area (Å²) in [7, 11) is 3.93. The number of carbonyl (C=O) groups excluding carboxylic acids is 6. The van der Waals surface area contributed by atoms with E-state index >= 15 is 0 Å². The van der Waals surface area contributed by atoms with Crippen molar-refractivity contribution in [2.75, 3.05) is 37.8 Å². The van der Waals surface area contributed by atoms with Crippen LogP contribution in [0.4, 0.5) is 11.6 Å². The van der Waals surface area contributed by atoms with Gasteiger partial charge in [-0.25, -0.2) is 19.9 Å². The van der Waals surface area contributed by atoms with Gasteiger partial charge in [-0.2, -0.15) is 29.4 Å². The Bertz CT molecular complexity index is 4150. The summed E-state index contributed by atoms with van der Waals surface area (Å²) in [5.74, 6) is 0.192. The number of ketones is 2. The molecule has 0 radical (unpaired) electrons. The number of nitrogens with one attached hydrogen (secondary N) is 2. The van der Waals surface area contributed by atoms with Crippen molar-refractivity contribution in [3.63, 3.8) is 0 Å². The highest BCUT2D eigenvalue weighted by molar-refractivity contribution is 9.10. The van der Waals surface area contributed by atoms with Gasteiger partial charge in [-0.3, -0.25) is 48.1 Å². The smallest absolute Gasteiger partial charge is 0.248 e. The number of amides is 4. The van der Waals surface area contributed by atoms with E-state index in [0.29, 0.717) is 86.8 Å². The van der Waals surface area contributed by atoms with Crippen LogP contribution >= 0.6 is 15.9 Å². The normalized spacial score (nSPS) is 24.9. The molecule has 0 bridgehead atoms. The number of aliphatic imine (C=N–C) groups is 2. The van der Waals surface area contributed by atoms with Crippen molar-refractivity contribution in [2.45, 2.75) is 130 Å². The van der Waals surface area contributed by atoms with Gasteiger partial charge in [0.15, 0.2) is 24.2 Å². The molecular formula is C62H69BrN20O6+2. The fraction of sp³-hybridized carbons (Fsp3) is 0.419. The molecule has 0 aromatic carbocycles. The third-order valence-corrected chi connectivity index (χ3v) is 18.2. The summed E-state index contributed by atoms with van der Waals surface area (Å²) in [6.45, 7) is 11.7. The maximum Gasteiger partial charge on any atom is 0.248 e. The van der Waals surface area contributed by atoms with Crippen LogP contribution in [-0.4, -0.2) is 180 Å². The number of nitrogens with zero attached hydrogens (tertiary/aromatic N) is 18. The number of quaternary nitrogens is 2. The third kappa shape index (κ3) is 11.8. The maximum absolute atomic E-state index is 14.3. The molecule has 4 fully saturated rings. The highest BCUT2D eigenvalue weighted by Crippen LogP contribution is 2.62. The molecule has 0 spiro atoms. The van der Waals surface area contributed by atoms with Crippen LogP contribution in [0.2, 0.25) is 0 Å². The van der Waals surface area contributed by atoms with Crippen LogP contribution in [0.15, 0.2) is 92.2 Å². The predicted octanol–water partition coefficient (Wildman–Crippen LogP) is 6.66. The van der Waals surface area contributed by atoms with Gasteiger partial charge in [0.1, 0.15) is 71.7 Å². The number of piperidine rings is 2. The van der Waals surface area contributed by atoms with Crippen LogP contribution in [0.25, 0.3) is 33.1 Å². The second kappa shape index (κ2) is 23.5. The summed E-state index contributed by atoms with van der Waals surface area (Å²) >= 11 is 3.43. The number of halogens is 1. The SMILES string of the molecule is CCCc1ccc(Br)nc1NC(=O)[C@@H]1C[C@@]2(C[N+]3(C)C=NC=N3)C[C@H]2N1C(=O)Cn1nc(C(C)=O)c2cc(-c3cnc(C)nc3)ncc21.CCCc1ccc(C)nc1NC(=O)[C@@H]1C[C@@]2(C[N+]3(C)C=NC=N3)C[C@H]2N1C(=O)Cn1nc(C(C)=O)c2ccncc21. The van der Waals surface area contributed by atoms with Gasteiger partial charge >= 0.3 is 0 Å². The first-order valence-corrected chi connectivity index (χ1v) is 30.6. The molecule has 2 saturated heterocycles. The molecule has 2 aliphatic carbocycles. The topological polar surface area (TPSA) is 295 Å². The zero-order chi connectivity index (χ0) is 62.7. The molecule has 7 aromatic heterocycles. The summed E-state index contributed by atoms with van der Waals surface area (Å²) in [6.07, 6.45) is 20.7. The fourth-order valence-corrected chi connectivity index (χ4v) is 13.9. The van der Waals surface area contributed by atoms with Gasteiger partial charge in [0.25, 0.3) is 0 Å². The minimum Gasteiger partial charge on any atom is -0.325 e. The Morgan fingerprint density at radius 2 is 1.16 bits per heavy atom. The van der Waals surface area contributed by atoms with Gasteiger partial charge in [0.05, 0.1) is 43.2 Å². The number of Topliss-reactive ketones (excluding diaryl/α,β-unsaturated/α-hetero) is 2. The van der Waals surface area contributed by atoms with Crippen molar-refractivity contribution < 1.29 is 38.0 Å². The van der Waals surface area contributed by atoms with Crippen molar-refractivity contribution in [1.29, 1.82) is 0 Å². The van der Waals surface area contributed by atoms with Crippen LogP contribution < -0.4 is 10.6 Å². The Kier molecular flexibility index (Phi) is 15.9. The van der Waals surface area contributed by atoms with Crippen LogP contribution in [-0.2, 0) is 45.1 Å². The molecule has 2 N–H and O–H groups in total. The Balaban J connectivity index is 0.000000175. The molecule has 6 aliphatic rings. The summed E-state index contributed by atoms with van der Waals surface area (Å²) in [5.41, 5.74) is 5.09. The number of aryl methyl sites for hydroxylation is 4.